The fraction of sp³-hybridized carbons (Fsp3) is 0.261. The molecular weight excluding hydrogens is 354 g/mol. The van der Waals surface area contributed by atoms with Gasteiger partial charge in [0.1, 0.15) is 0 Å². The summed E-state index contributed by atoms with van der Waals surface area (Å²) in [4.78, 5) is 23.3. The highest BCUT2D eigenvalue weighted by atomic mass is 16.5. The number of benzene rings is 2. The minimum absolute atomic E-state index is 0.324. The summed E-state index contributed by atoms with van der Waals surface area (Å²) in [6.07, 6.45) is 2.23. The van der Waals surface area contributed by atoms with Crippen LogP contribution in [-0.2, 0) is 14.3 Å². The number of nitriles is 1. The third-order valence-electron chi connectivity index (χ3n) is 4.07. The zero-order valence-corrected chi connectivity index (χ0v) is 15.9. The van der Waals surface area contributed by atoms with E-state index < -0.39 is 0 Å². The molecule has 0 unspecified atom stereocenters. The number of ether oxygens (including phenoxy) is 2. The van der Waals surface area contributed by atoms with Crippen molar-refractivity contribution in [1.82, 2.24) is 0 Å². The number of hydrogen-bond acceptors (Lipinski definition) is 5. The van der Waals surface area contributed by atoms with Crippen LogP contribution in [0.5, 0.6) is 0 Å². The van der Waals surface area contributed by atoms with Gasteiger partial charge in [0.05, 0.1) is 30.4 Å². The smallest absolute Gasteiger partial charge is 0.338 e. The Morgan fingerprint density at radius 3 is 1.96 bits per heavy atom. The Kier molecular flexibility index (Phi) is 7.98. The topological polar surface area (TPSA) is 76.4 Å². The molecule has 28 heavy (non-hydrogen) atoms. The fourth-order valence-electron chi connectivity index (χ4n) is 2.45. The number of rotatable bonds is 9. The molecule has 2 aromatic carbocycles. The van der Waals surface area contributed by atoms with Crippen molar-refractivity contribution < 1.29 is 19.1 Å². The Hall–Kier alpha value is -3.39. The van der Waals surface area contributed by atoms with Crippen molar-refractivity contribution in [3.63, 3.8) is 0 Å². The molecule has 0 aliphatic carbocycles. The molecule has 0 saturated heterocycles. The van der Waals surface area contributed by atoms with E-state index in [2.05, 4.69) is 12.6 Å². The Balaban J connectivity index is 1.72. The average molecular weight is 377 g/mol. The molecule has 2 rings (SSSR count). The minimum Gasteiger partial charge on any atom is -0.462 e. The Morgan fingerprint density at radius 2 is 1.43 bits per heavy atom. The second-order valence-corrected chi connectivity index (χ2v) is 6.38. The van der Waals surface area contributed by atoms with E-state index >= 15 is 0 Å². The predicted molar refractivity (Wildman–Crippen MR) is 106 cm³/mol. The molecule has 0 N–H and O–H groups in total. The maximum absolute atomic E-state index is 12.1. The maximum atomic E-state index is 12.1. The van der Waals surface area contributed by atoms with Crippen molar-refractivity contribution in [2.24, 2.45) is 0 Å². The van der Waals surface area contributed by atoms with Crippen LogP contribution >= 0.6 is 0 Å². The summed E-state index contributed by atoms with van der Waals surface area (Å²) >= 11 is 0. The molecule has 0 saturated carbocycles. The second-order valence-electron chi connectivity index (χ2n) is 6.38. The number of carbonyl (C=O) groups excluding carboxylic acids is 2. The van der Waals surface area contributed by atoms with E-state index in [1.54, 1.807) is 31.2 Å². The molecule has 2 aromatic rings. The van der Waals surface area contributed by atoms with Crippen LogP contribution < -0.4 is 0 Å². The monoisotopic (exact) mass is 377 g/mol. The molecule has 144 valence electrons. The van der Waals surface area contributed by atoms with Crippen LogP contribution in [0.4, 0.5) is 0 Å². The third-order valence-corrected chi connectivity index (χ3v) is 4.07. The van der Waals surface area contributed by atoms with E-state index in [4.69, 9.17) is 14.7 Å². The van der Waals surface area contributed by atoms with Crippen LogP contribution in [0.3, 0.4) is 0 Å². The summed E-state index contributed by atoms with van der Waals surface area (Å²) in [5.74, 6) is -0.740. The molecule has 0 heterocycles. The van der Waals surface area contributed by atoms with E-state index in [1.165, 1.54) is 0 Å². The highest BCUT2D eigenvalue weighted by molar-refractivity contribution is 5.90. The first kappa shape index (κ1) is 20.9. The molecule has 0 aliphatic rings. The van der Waals surface area contributed by atoms with Crippen molar-refractivity contribution in [3.8, 4) is 17.2 Å². The van der Waals surface area contributed by atoms with Crippen molar-refractivity contribution in [3.05, 3.63) is 71.8 Å². The normalized spacial score (nSPS) is 10.0. The number of unbranched alkanes of at least 4 members (excludes halogenated alkanes) is 2. The molecule has 0 spiro atoms. The van der Waals surface area contributed by atoms with Crippen LogP contribution in [0, 0.1) is 11.3 Å². The van der Waals surface area contributed by atoms with E-state index in [0.717, 1.165) is 24.0 Å². The van der Waals surface area contributed by atoms with Crippen LogP contribution in [0.2, 0.25) is 0 Å². The third kappa shape index (κ3) is 6.40. The van der Waals surface area contributed by atoms with E-state index in [1.807, 2.05) is 24.3 Å². The molecule has 5 nitrogen and oxygen atoms in total. The number of nitrogens with zero attached hydrogens (tertiary/aromatic N) is 1. The van der Waals surface area contributed by atoms with Gasteiger partial charge < -0.3 is 9.47 Å². The summed E-state index contributed by atoms with van der Waals surface area (Å²) in [5.41, 5.74) is 3.43. The molecule has 5 heteroatoms. The number of hydrogen-bond donors (Lipinski definition) is 0. The molecule has 0 aliphatic heterocycles. The van der Waals surface area contributed by atoms with Crippen LogP contribution in [0.25, 0.3) is 11.1 Å². The minimum atomic E-state index is -0.379. The lowest BCUT2D eigenvalue weighted by Gasteiger charge is -2.07. The fourth-order valence-corrected chi connectivity index (χ4v) is 2.45. The van der Waals surface area contributed by atoms with E-state index in [-0.39, 0.29) is 11.9 Å². The first-order valence-electron chi connectivity index (χ1n) is 9.11. The van der Waals surface area contributed by atoms with Gasteiger partial charge in [0.2, 0.25) is 0 Å². The molecule has 0 aromatic heterocycles. The van der Waals surface area contributed by atoms with Gasteiger partial charge in [-0.05, 0) is 61.6 Å². The molecule has 0 atom stereocenters. The van der Waals surface area contributed by atoms with Gasteiger partial charge in [-0.2, -0.15) is 5.26 Å². The highest BCUT2D eigenvalue weighted by Gasteiger charge is 2.08. The summed E-state index contributed by atoms with van der Waals surface area (Å²) in [5, 5.41) is 8.85. The summed E-state index contributed by atoms with van der Waals surface area (Å²) in [6, 6.07) is 16.5. The van der Waals surface area contributed by atoms with E-state index in [0.29, 0.717) is 36.3 Å². The van der Waals surface area contributed by atoms with Gasteiger partial charge in [0.25, 0.3) is 0 Å². The summed E-state index contributed by atoms with van der Waals surface area (Å²) in [7, 11) is 0. The Labute approximate surface area is 165 Å². The lowest BCUT2D eigenvalue weighted by atomic mass is 10.0. The lowest BCUT2D eigenvalue weighted by Crippen LogP contribution is -2.08. The number of esters is 2. The first-order valence-corrected chi connectivity index (χ1v) is 9.11. The quantitative estimate of drug-likeness (QED) is 0.360. The summed E-state index contributed by atoms with van der Waals surface area (Å²) in [6.45, 7) is 5.80. The van der Waals surface area contributed by atoms with Crippen molar-refractivity contribution in [2.45, 2.75) is 26.2 Å². The largest absolute Gasteiger partial charge is 0.462 e. The zero-order valence-electron chi connectivity index (χ0n) is 15.9. The molecule has 0 bridgehead atoms. The lowest BCUT2D eigenvalue weighted by molar-refractivity contribution is -0.139. The Bertz CT molecular complexity index is 861. The van der Waals surface area contributed by atoms with Gasteiger partial charge >= 0.3 is 11.9 Å². The van der Waals surface area contributed by atoms with Crippen LogP contribution in [0.1, 0.15) is 42.1 Å². The van der Waals surface area contributed by atoms with Gasteiger partial charge in [-0.1, -0.05) is 30.8 Å². The predicted octanol–water partition coefficient (Wildman–Crippen LogP) is 4.67. The van der Waals surface area contributed by atoms with Gasteiger partial charge in [0, 0.05) is 5.57 Å². The number of carbonyl (C=O) groups is 2. The molecular formula is C23H23NO4. The maximum Gasteiger partial charge on any atom is 0.338 e. The van der Waals surface area contributed by atoms with Crippen molar-refractivity contribution in [1.29, 1.82) is 5.26 Å². The average Bonchev–Trinajstić information content (AvgIpc) is 2.72. The van der Waals surface area contributed by atoms with Gasteiger partial charge in [-0.25, -0.2) is 9.59 Å². The highest BCUT2D eigenvalue weighted by Crippen LogP contribution is 2.20. The van der Waals surface area contributed by atoms with Crippen molar-refractivity contribution in [2.75, 3.05) is 13.2 Å². The Morgan fingerprint density at radius 1 is 0.893 bits per heavy atom. The molecule has 0 radical (unpaired) electrons. The molecule has 0 fully saturated rings. The summed E-state index contributed by atoms with van der Waals surface area (Å²) < 4.78 is 10.3. The second kappa shape index (κ2) is 10.7. The molecule has 0 amide bonds. The van der Waals surface area contributed by atoms with Gasteiger partial charge in [0.15, 0.2) is 0 Å². The SMILES string of the molecule is C=C(C)C(=O)OCCCCCOC(=O)c1ccc(-c2ccc(C#N)cc2)cc1. The van der Waals surface area contributed by atoms with Crippen LogP contribution in [0.15, 0.2) is 60.7 Å². The van der Waals surface area contributed by atoms with E-state index in [9.17, 15) is 9.59 Å². The van der Waals surface area contributed by atoms with Gasteiger partial charge in [-0.3, -0.25) is 0 Å². The van der Waals surface area contributed by atoms with Crippen molar-refractivity contribution >= 4 is 11.9 Å². The van der Waals surface area contributed by atoms with Gasteiger partial charge in [-0.15, -0.1) is 0 Å². The first-order chi connectivity index (χ1) is 13.5. The standard InChI is InChI=1S/C23H23NO4/c1-17(2)22(25)27-14-4-3-5-15-28-23(26)21-12-10-20(11-13-21)19-8-6-18(16-24)7-9-19/h6-13H,1,3-5,14-15H2,2H3. The zero-order chi connectivity index (χ0) is 20.4. The van der Waals surface area contributed by atoms with Crippen LogP contribution in [-0.4, -0.2) is 25.2 Å².